The van der Waals surface area contributed by atoms with Crippen LogP contribution in [-0.4, -0.2) is 102 Å². The Labute approximate surface area is 273 Å². The molecular formula is C35H38FN5O5S. The van der Waals surface area contributed by atoms with E-state index in [2.05, 4.69) is 14.8 Å². The number of benzene rings is 3. The molecule has 0 radical (unpaired) electrons. The fourth-order valence-electron chi connectivity index (χ4n) is 8.60. The highest BCUT2D eigenvalue weighted by Crippen LogP contribution is 2.42. The summed E-state index contributed by atoms with van der Waals surface area (Å²) >= 11 is 0. The van der Waals surface area contributed by atoms with Crippen molar-refractivity contribution in [2.75, 3.05) is 49.7 Å². The monoisotopic (exact) mass is 659 g/mol. The lowest BCUT2D eigenvalue weighted by atomic mass is 9.95. The number of hydrogen-bond acceptors (Lipinski definition) is 9. The fourth-order valence-corrected chi connectivity index (χ4v) is 9.20. The second-order valence-electron chi connectivity index (χ2n) is 13.7. The molecule has 4 aliphatic heterocycles. The van der Waals surface area contributed by atoms with Gasteiger partial charge in [-0.3, -0.25) is 9.69 Å². The van der Waals surface area contributed by atoms with Crippen LogP contribution in [0.15, 0.2) is 48.5 Å². The van der Waals surface area contributed by atoms with Crippen LogP contribution in [0.2, 0.25) is 0 Å². The first kappa shape index (κ1) is 30.3. The summed E-state index contributed by atoms with van der Waals surface area (Å²) in [6.45, 7) is 3.41. The molecule has 0 unspecified atom stereocenters. The average molecular weight is 660 g/mol. The summed E-state index contributed by atoms with van der Waals surface area (Å²) in [6.07, 6.45) is 6.92. The van der Waals surface area contributed by atoms with Gasteiger partial charge in [0.15, 0.2) is 15.7 Å². The van der Waals surface area contributed by atoms with Crippen molar-refractivity contribution in [2.24, 2.45) is 0 Å². The van der Waals surface area contributed by atoms with Crippen molar-refractivity contribution in [3.63, 3.8) is 0 Å². The van der Waals surface area contributed by atoms with Gasteiger partial charge in [-0.15, -0.1) is 0 Å². The van der Waals surface area contributed by atoms with Gasteiger partial charge in [0.1, 0.15) is 29.4 Å². The topological polar surface area (TPSA) is 116 Å². The first-order chi connectivity index (χ1) is 22.6. The molecule has 4 saturated heterocycles. The van der Waals surface area contributed by atoms with E-state index in [-0.39, 0.29) is 40.8 Å². The summed E-state index contributed by atoms with van der Waals surface area (Å²) in [5.74, 6) is -0.831. The summed E-state index contributed by atoms with van der Waals surface area (Å²) in [5.41, 5.74) is 0.951. The van der Waals surface area contributed by atoms with Crippen LogP contribution in [0.5, 0.6) is 11.8 Å². The minimum absolute atomic E-state index is 0.0429. The predicted octanol–water partition coefficient (Wildman–Crippen LogP) is 4.53. The summed E-state index contributed by atoms with van der Waals surface area (Å²) in [6, 6.07) is 14.1. The Morgan fingerprint density at radius 1 is 1.00 bits per heavy atom. The Balaban J connectivity index is 1.20. The summed E-state index contributed by atoms with van der Waals surface area (Å²) in [7, 11) is -3.46. The fraction of sp³-hybridized carbons (Fsp3) is 0.457. The number of carbonyl (C=O) groups excluding carboxylic acids is 1. The molecule has 246 valence electrons. The third-order valence-electron chi connectivity index (χ3n) is 10.6. The van der Waals surface area contributed by atoms with Gasteiger partial charge in [0.25, 0.3) is 0 Å². The second kappa shape index (κ2) is 11.3. The van der Waals surface area contributed by atoms with E-state index < -0.39 is 21.4 Å². The number of rotatable bonds is 7. The molecule has 2 bridgehead atoms. The molecule has 5 heterocycles. The van der Waals surface area contributed by atoms with Gasteiger partial charge in [-0.05, 0) is 86.1 Å². The van der Waals surface area contributed by atoms with E-state index in [9.17, 15) is 18.3 Å². The molecule has 8 rings (SSSR count). The van der Waals surface area contributed by atoms with Crippen LogP contribution < -0.4 is 9.64 Å². The maximum absolute atomic E-state index is 16.8. The van der Waals surface area contributed by atoms with Crippen LogP contribution in [-0.2, 0) is 14.6 Å². The molecule has 0 aliphatic carbocycles. The highest BCUT2D eigenvalue weighted by atomic mass is 32.2. The number of aromatic hydroxyl groups is 1. The van der Waals surface area contributed by atoms with Gasteiger partial charge in [-0.25, -0.2) is 12.8 Å². The summed E-state index contributed by atoms with van der Waals surface area (Å²) < 4.78 is 47.1. The Bertz CT molecular complexity index is 2000. The quantitative estimate of drug-likeness (QED) is 0.306. The van der Waals surface area contributed by atoms with Crippen LogP contribution in [0.1, 0.15) is 38.5 Å². The van der Waals surface area contributed by atoms with Crippen molar-refractivity contribution in [1.82, 2.24) is 19.8 Å². The zero-order valence-corrected chi connectivity index (χ0v) is 27.2. The van der Waals surface area contributed by atoms with E-state index in [0.717, 1.165) is 68.6 Å². The van der Waals surface area contributed by atoms with Gasteiger partial charge in [0.05, 0.1) is 5.54 Å². The molecule has 47 heavy (non-hydrogen) atoms. The zero-order chi connectivity index (χ0) is 32.5. The number of fused-ring (bicyclic) bond motifs is 5. The van der Waals surface area contributed by atoms with E-state index >= 15 is 4.39 Å². The number of hydrogen-bond donors (Lipinski definition) is 1. The molecule has 0 spiro atoms. The second-order valence-corrected chi connectivity index (χ2v) is 15.9. The number of ether oxygens (including phenoxy) is 1. The number of aromatic nitrogens is 2. The van der Waals surface area contributed by atoms with E-state index in [1.54, 1.807) is 23.1 Å². The van der Waals surface area contributed by atoms with Crippen LogP contribution in [0.25, 0.3) is 32.8 Å². The lowest BCUT2D eigenvalue weighted by Crippen LogP contribution is -2.57. The normalized spacial score (nSPS) is 22.3. The Kier molecular flexibility index (Phi) is 7.29. The third-order valence-corrected chi connectivity index (χ3v) is 11.4. The van der Waals surface area contributed by atoms with E-state index in [1.807, 2.05) is 30.3 Å². The van der Waals surface area contributed by atoms with Gasteiger partial charge in [-0.2, -0.15) is 9.97 Å². The first-order valence-corrected chi connectivity index (χ1v) is 18.5. The highest BCUT2D eigenvalue weighted by Gasteiger charge is 2.46. The Hall–Kier alpha value is -4.03. The maximum Gasteiger partial charge on any atom is 0.319 e. The smallest absolute Gasteiger partial charge is 0.319 e. The molecule has 1 N–H and O–H groups in total. The lowest BCUT2D eigenvalue weighted by molar-refractivity contribution is -0.131. The summed E-state index contributed by atoms with van der Waals surface area (Å²) in [4.78, 5) is 28.9. The van der Waals surface area contributed by atoms with Gasteiger partial charge >= 0.3 is 6.01 Å². The first-order valence-electron chi connectivity index (χ1n) is 16.4. The number of amides is 1. The molecule has 0 saturated carbocycles. The van der Waals surface area contributed by atoms with Crippen molar-refractivity contribution in [3.05, 3.63) is 54.3 Å². The molecule has 2 atom stereocenters. The number of halogens is 1. The van der Waals surface area contributed by atoms with Gasteiger partial charge in [0.2, 0.25) is 5.91 Å². The van der Waals surface area contributed by atoms with Crippen LogP contribution in [0.3, 0.4) is 0 Å². The van der Waals surface area contributed by atoms with Crippen molar-refractivity contribution < 1.29 is 27.4 Å². The van der Waals surface area contributed by atoms with E-state index in [0.29, 0.717) is 42.0 Å². The Morgan fingerprint density at radius 2 is 1.72 bits per heavy atom. The highest BCUT2D eigenvalue weighted by molar-refractivity contribution is 7.91. The van der Waals surface area contributed by atoms with Gasteiger partial charge in [0, 0.05) is 42.4 Å². The van der Waals surface area contributed by atoms with Crippen molar-refractivity contribution in [1.29, 1.82) is 0 Å². The van der Waals surface area contributed by atoms with Crippen LogP contribution in [0, 0.1) is 5.82 Å². The Morgan fingerprint density at radius 3 is 2.45 bits per heavy atom. The lowest BCUT2D eigenvalue weighted by Gasteiger charge is -2.42. The predicted molar refractivity (Wildman–Crippen MR) is 178 cm³/mol. The van der Waals surface area contributed by atoms with Crippen molar-refractivity contribution >= 4 is 43.2 Å². The van der Waals surface area contributed by atoms with Crippen LogP contribution in [0.4, 0.5) is 10.2 Å². The molecule has 1 aromatic heterocycles. The number of phenols is 1. The molecule has 12 heteroatoms. The SMILES string of the molecule is CS(=O)(=O)CC(=O)N1[C@@H]2CC[C@H]1CN(c1nc(OCC34CCCN3CCC4)nc3c(F)c(-c4cc(O)cc5ccccc45)ccc13)C2. The number of sulfone groups is 1. The largest absolute Gasteiger partial charge is 0.508 e. The summed E-state index contributed by atoms with van der Waals surface area (Å²) in [5, 5.41) is 12.7. The number of anilines is 1. The maximum atomic E-state index is 16.8. The molecule has 3 aromatic carbocycles. The molecule has 10 nitrogen and oxygen atoms in total. The van der Waals surface area contributed by atoms with E-state index in [4.69, 9.17) is 9.72 Å². The molecule has 1 amide bonds. The van der Waals surface area contributed by atoms with Crippen molar-refractivity contribution in [2.45, 2.75) is 56.1 Å². The minimum atomic E-state index is -3.46. The third kappa shape index (κ3) is 5.35. The molecular weight excluding hydrogens is 621 g/mol. The molecule has 4 aliphatic rings. The van der Waals surface area contributed by atoms with Gasteiger partial charge in [-0.1, -0.05) is 30.3 Å². The average Bonchev–Trinajstić information content (AvgIpc) is 3.69. The van der Waals surface area contributed by atoms with E-state index in [1.165, 1.54) is 0 Å². The molecule has 4 aromatic rings. The van der Waals surface area contributed by atoms with Gasteiger partial charge < -0.3 is 19.6 Å². The standard InChI is InChI=1S/C35H38FN5O5S/c1-47(44,45)20-30(43)41-23-8-9-24(41)19-39(18-23)33-28-11-10-27(29-17-25(42)16-22-6-2-3-7-26(22)29)31(36)32(28)37-34(38-33)46-21-35-12-4-14-40(35)15-5-13-35/h2-3,6-7,10-11,16-17,23-24,42H,4-5,8-9,12-15,18-21H2,1H3/t23-,24+. The zero-order valence-electron chi connectivity index (χ0n) is 26.4. The molecule has 4 fully saturated rings. The van der Waals surface area contributed by atoms with Crippen molar-refractivity contribution in [3.8, 4) is 22.9 Å². The number of piperazine rings is 1. The minimum Gasteiger partial charge on any atom is -0.508 e. The number of phenolic OH excluding ortho intramolecular Hbond substituents is 1. The number of carbonyl (C=O) groups is 1. The van der Waals surface area contributed by atoms with Crippen LogP contribution >= 0.6 is 0 Å². The number of nitrogens with zero attached hydrogens (tertiary/aromatic N) is 5.